The lowest BCUT2D eigenvalue weighted by Gasteiger charge is -2.07. The maximum absolute atomic E-state index is 11.0. The molecule has 0 fully saturated rings. The molecule has 1 N–H and O–H groups in total. The predicted octanol–water partition coefficient (Wildman–Crippen LogP) is 4.39. The van der Waals surface area contributed by atoms with Crippen LogP contribution in [-0.4, -0.2) is 20.6 Å². The van der Waals surface area contributed by atoms with Crippen LogP contribution in [0.15, 0.2) is 79.1 Å². The molecule has 0 atom stereocenters. The van der Waals surface area contributed by atoms with E-state index < -0.39 is 5.97 Å². The largest absolute Gasteiger partial charge is 0.478 e. The van der Waals surface area contributed by atoms with E-state index in [1.807, 2.05) is 65.5 Å². The van der Waals surface area contributed by atoms with Gasteiger partial charge in [0, 0.05) is 29.0 Å². The highest BCUT2D eigenvalue weighted by Crippen LogP contribution is 2.25. The summed E-state index contributed by atoms with van der Waals surface area (Å²) < 4.78 is 2.04. The van der Waals surface area contributed by atoms with Gasteiger partial charge in [-0.3, -0.25) is 4.98 Å². The van der Waals surface area contributed by atoms with Crippen molar-refractivity contribution in [2.75, 3.05) is 0 Å². The Hall–Kier alpha value is -3.40. The third kappa shape index (κ3) is 2.44. The molecule has 4 heteroatoms. The van der Waals surface area contributed by atoms with Crippen LogP contribution >= 0.6 is 0 Å². The Morgan fingerprint density at radius 2 is 1.71 bits per heavy atom. The van der Waals surface area contributed by atoms with Crippen molar-refractivity contribution in [2.24, 2.45) is 0 Å². The van der Waals surface area contributed by atoms with Crippen molar-refractivity contribution in [3.05, 3.63) is 84.7 Å². The summed E-state index contributed by atoms with van der Waals surface area (Å²) in [6.07, 6.45) is 3.83. The third-order valence-electron chi connectivity index (χ3n) is 4.04. The molecule has 4 rings (SSSR count). The molecule has 0 radical (unpaired) electrons. The SMILES string of the molecule is O=C(O)c1ccc(-n2ccc3cnc(-c4ccccc4)cc32)cc1. The van der Waals surface area contributed by atoms with Crippen molar-refractivity contribution >= 4 is 16.9 Å². The summed E-state index contributed by atoms with van der Waals surface area (Å²) >= 11 is 0. The zero-order valence-corrected chi connectivity index (χ0v) is 12.8. The van der Waals surface area contributed by atoms with Crippen molar-refractivity contribution < 1.29 is 9.90 Å². The van der Waals surface area contributed by atoms with Crippen LogP contribution in [0.3, 0.4) is 0 Å². The van der Waals surface area contributed by atoms with Crippen LogP contribution in [0.25, 0.3) is 27.8 Å². The van der Waals surface area contributed by atoms with Crippen molar-refractivity contribution in [3.63, 3.8) is 0 Å². The van der Waals surface area contributed by atoms with Gasteiger partial charge in [0.25, 0.3) is 0 Å². The summed E-state index contributed by atoms with van der Waals surface area (Å²) in [4.78, 5) is 15.5. The number of aromatic nitrogens is 2. The van der Waals surface area contributed by atoms with Crippen LogP contribution in [0, 0.1) is 0 Å². The first-order valence-electron chi connectivity index (χ1n) is 7.59. The molecule has 116 valence electrons. The molecule has 0 aliphatic rings. The lowest BCUT2D eigenvalue weighted by Crippen LogP contribution is -1.97. The highest BCUT2D eigenvalue weighted by molar-refractivity contribution is 5.88. The van der Waals surface area contributed by atoms with Gasteiger partial charge in [0.15, 0.2) is 0 Å². The predicted molar refractivity (Wildman–Crippen MR) is 93.5 cm³/mol. The molecule has 2 aromatic heterocycles. The molecule has 2 heterocycles. The fourth-order valence-electron chi connectivity index (χ4n) is 2.78. The number of hydrogen-bond donors (Lipinski definition) is 1. The zero-order chi connectivity index (χ0) is 16.5. The number of carboxylic acid groups (broad SMARTS) is 1. The number of rotatable bonds is 3. The normalized spacial score (nSPS) is 10.8. The minimum Gasteiger partial charge on any atom is -0.478 e. The first-order chi connectivity index (χ1) is 11.7. The summed E-state index contributed by atoms with van der Waals surface area (Å²) in [5.74, 6) is -0.922. The Morgan fingerprint density at radius 3 is 2.42 bits per heavy atom. The number of aromatic carboxylic acids is 1. The van der Waals surface area contributed by atoms with Gasteiger partial charge in [-0.25, -0.2) is 4.79 Å². The van der Waals surface area contributed by atoms with E-state index in [1.165, 1.54) is 0 Å². The molecule has 0 aliphatic heterocycles. The monoisotopic (exact) mass is 314 g/mol. The van der Waals surface area contributed by atoms with Gasteiger partial charge in [0.05, 0.1) is 16.8 Å². The van der Waals surface area contributed by atoms with Crippen molar-refractivity contribution in [2.45, 2.75) is 0 Å². The topological polar surface area (TPSA) is 55.1 Å². The Labute approximate surface area is 138 Å². The number of carboxylic acids is 1. The molecule has 0 aliphatic carbocycles. The van der Waals surface area contributed by atoms with Gasteiger partial charge in [0.1, 0.15) is 0 Å². The second-order valence-corrected chi connectivity index (χ2v) is 5.53. The van der Waals surface area contributed by atoms with E-state index in [4.69, 9.17) is 5.11 Å². The lowest BCUT2D eigenvalue weighted by molar-refractivity contribution is 0.0697. The van der Waals surface area contributed by atoms with Crippen LogP contribution in [-0.2, 0) is 0 Å². The van der Waals surface area contributed by atoms with E-state index in [0.717, 1.165) is 27.8 Å². The minimum atomic E-state index is -0.922. The third-order valence-corrected chi connectivity index (χ3v) is 4.04. The highest BCUT2D eigenvalue weighted by Gasteiger charge is 2.08. The van der Waals surface area contributed by atoms with E-state index in [-0.39, 0.29) is 5.56 Å². The summed E-state index contributed by atoms with van der Waals surface area (Å²) in [7, 11) is 0. The molecule has 4 aromatic rings. The number of fused-ring (bicyclic) bond motifs is 1. The maximum atomic E-state index is 11.0. The average molecular weight is 314 g/mol. The fraction of sp³-hybridized carbons (Fsp3) is 0. The van der Waals surface area contributed by atoms with Crippen LogP contribution in [0.4, 0.5) is 0 Å². The number of nitrogens with zero attached hydrogens (tertiary/aromatic N) is 2. The number of hydrogen-bond acceptors (Lipinski definition) is 2. The number of pyridine rings is 1. The minimum absolute atomic E-state index is 0.279. The number of benzene rings is 2. The van der Waals surface area contributed by atoms with E-state index in [2.05, 4.69) is 11.1 Å². The highest BCUT2D eigenvalue weighted by atomic mass is 16.4. The number of carbonyl (C=O) groups is 1. The van der Waals surface area contributed by atoms with Crippen LogP contribution in [0.5, 0.6) is 0 Å². The molecular formula is C20H14N2O2. The Bertz CT molecular complexity index is 1020. The molecule has 0 unspecified atom stereocenters. The summed E-state index contributed by atoms with van der Waals surface area (Å²) in [6, 6.07) is 20.9. The van der Waals surface area contributed by atoms with Gasteiger partial charge in [-0.15, -0.1) is 0 Å². The van der Waals surface area contributed by atoms with Gasteiger partial charge >= 0.3 is 5.97 Å². The van der Waals surface area contributed by atoms with Gasteiger partial charge in [-0.05, 0) is 36.4 Å². The standard InChI is InChI=1S/C20H14N2O2/c23-20(24)15-6-8-17(9-7-15)22-11-10-16-13-21-18(12-19(16)22)14-4-2-1-3-5-14/h1-13H,(H,23,24). The van der Waals surface area contributed by atoms with Crippen LogP contribution < -0.4 is 0 Å². The molecule has 2 aromatic carbocycles. The van der Waals surface area contributed by atoms with E-state index >= 15 is 0 Å². The Balaban J connectivity index is 1.83. The van der Waals surface area contributed by atoms with Gasteiger partial charge in [0.2, 0.25) is 0 Å². The van der Waals surface area contributed by atoms with Crippen LogP contribution in [0.1, 0.15) is 10.4 Å². The van der Waals surface area contributed by atoms with Gasteiger partial charge < -0.3 is 9.67 Å². The molecule has 0 spiro atoms. The van der Waals surface area contributed by atoms with Gasteiger partial charge in [-0.2, -0.15) is 0 Å². The second-order valence-electron chi connectivity index (χ2n) is 5.53. The molecule has 4 nitrogen and oxygen atoms in total. The summed E-state index contributed by atoms with van der Waals surface area (Å²) in [5, 5.41) is 10.1. The van der Waals surface area contributed by atoms with E-state index in [9.17, 15) is 4.79 Å². The fourth-order valence-corrected chi connectivity index (χ4v) is 2.78. The van der Waals surface area contributed by atoms with Gasteiger partial charge in [-0.1, -0.05) is 30.3 Å². The van der Waals surface area contributed by atoms with Crippen LogP contribution in [0.2, 0.25) is 0 Å². The molecule has 0 bridgehead atoms. The molecule has 0 saturated carbocycles. The Kier molecular flexibility index (Phi) is 3.35. The summed E-state index contributed by atoms with van der Waals surface area (Å²) in [6.45, 7) is 0. The second kappa shape index (κ2) is 5.66. The van der Waals surface area contributed by atoms with Crippen molar-refractivity contribution in [1.29, 1.82) is 0 Å². The van der Waals surface area contributed by atoms with E-state index in [1.54, 1.807) is 12.1 Å². The molecule has 0 saturated heterocycles. The maximum Gasteiger partial charge on any atom is 0.335 e. The quantitative estimate of drug-likeness (QED) is 0.610. The van der Waals surface area contributed by atoms with Crippen molar-refractivity contribution in [3.8, 4) is 16.9 Å². The Morgan fingerprint density at radius 1 is 0.958 bits per heavy atom. The lowest BCUT2D eigenvalue weighted by atomic mass is 10.1. The summed E-state index contributed by atoms with van der Waals surface area (Å²) in [5.41, 5.74) is 4.20. The first-order valence-corrected chi connectivity index (χ1v) is 7.59. The molecule has 24 heavy (non-hydrogen) atoms. The van der Waals surface area contributed by atoms with E-state index in [0.29, 0.717) is 0 Å². The zero-order valence-electron chi connectivity index (χ0n) is 12.8. The van der Waals surface area contributed by atoms with Crippen molar-refractivity contribution in [1.82, 2.24) is 9.55 Å². The molecular weight excluding hydrogens is 300 g/mol. The molecule has 0 amide bonds. The first kappa shape index (κ1) is 14.2. The average Bonchev–Trinajstić information content (AvgIpc) is 3.05. The smallest absolute Gasteiger partial charge is 0.335 e.